The van der Waals surface area contributed by atoms with Gasteiger partial charge in [0.1, 0.15) is 17.2 Å². The van der Waals surface area contributed by atoms with Crippen molar-refractivity contribution in [3.8, 4) is 28.7 Å². The second-order valence-electron chi connectivity index (χ2n) is 5.00. The molecule has 0 saturated carbocycles. The first-order valence-corrected chi connectivity index (χ1v) is 8.81. The van der Waals surface area contributed by atoms with Crippen molar-refractivity contribution in [1.82, 2.24) is 0 Å². The van der Waals surface area contributed by atoms with Crippen LogP contribution in [0, 0.1) is 0 Å². The van der Waals surface area contributed by atoms with Crippen molar-refractivity contribution in [3.63, 3.8) is 0 Å². The minimum atomic E-state index is -4.20. The van der Waals surface area contributed by atoms with E-state index in [1.807, 2.05) is 0 Å². The lowest BCUT2D eigenvalue weighted by molar-refractivity contribution is 0.292. The number of hydrogen-bond acceptors (Lipinski definition) is 6. The van der Waals surface area contributed by atoms with Gasteiger partial charge in [0, 0.05) is 6.07 Å². The summed E-state index contributed by atoms with van der Waals surface area (Å²) >= 11 is 0. The van der Waals surface area contributed by atoms with Crippen LogP contribution in [0.4, 0.5) is 0 Å². The summed E-state index contributed by atoms with van der Waals surface area (Å²) in [5.41, 5.74) is 0. The standard InChI is InChI=1S/C18H15O6P/c19-14-11-12-17(20)18(13-14)24-25(21,22-15-7-3-1-4-8-15)23-16-9-5-2-6-10-16/h1-13,19-20H. The van der Waals surface area contributed by atoms with Crippen molar-refractivity contribution in [1.29, 1.82) is 0 Å². The normalized spacial score (nSPS) is 10.9. The van der Waals surface area contributed by atoms with Crippen LogP contribution in [0.25, 0.3) is 0 Å². The Kier molecular flexibility index (Phi) is 4.82. The van der Waals surface area contributed by atoms with Gasteiger partial charge in [-0.2, -0.15) is 4.57 Å². The number of benzene rings is 3. The van der Waals surface area contributed by atoms with Crippen LogP contribution in [0.3, 0.4) is 0 Å². The van der Waals surface area contributed by atoms with Crippen molar-refractivity contribution in [2.24, 2.45) is 0 Å². The molecule has 0 heterocycles. The Morgan fingerprint density at radius 1 is 0.680 bits per heavy atom. The highest BCUT2D eigenvalue weighted by Gasteiger charge is 2.34. The van der Waals surface area contributed by atoms with Gasteiger partial charge < -0.3 is 23.8 Å². The quantitative estimate of drug-likeness (QED) is 0.489. The van der Waals surface area contributed by atoms with E-state index in [0.717, 1.165) is 6.07 Å². The Labute approximate surface area is 144 Å². The van der Waals surface area contributed by atoms with Crippen LogP contribution < -0.4 is 13.6 Å². The summed E-state index contributed by atoms with van der Waals surface area (Å²) in [6, 6.07) is 20.3. The molecule has 3 aromatic rings. The third-order valence-corrected chi connectivity index (χ3v) is 4.36. The Morgan fingerprint density at radius 3 is 1.72 bits per heavy atom. The summed E-state index contributed by atoms with van der Waals surface area (Å²) in [6.07, 6.45) is 0. The fraction of sp³-hybridized carbons (Fsp3) is 0. The minimum absolute atomic E-state index is 0.168. The maximum atomic E-state index is 13.1. The highest BCUT2D eigenvalue weighted by Crippen LogP contribution is 2.51. The molecule has 0 aromatic heterocycles. The SMILES string of the molecule is O=P(Oc1ccccc1)(Oc1ccccc1)Oc1cc(O)ccc1O. The van der Waals surface area contributed by atoms with Gasteiger partial charge in [0.05, 0.1) is 0 Å². The molecule has 0 atom stereocenters. The largest absolute Gasteiger partial charge is 0.647 e. The van der Waals surface area contributed by atoms with E-state index in [0.29, 0.717) is 0 Å². The third kappa shape index (κ3) is 4.46. The maximum absolute atomic E-state index is 13.1. The lowest BCUT2D eigenvalue weighted by Gasteiger charge is -2.19. The van der Waals surface area contributed by atoms with E-state index < -0.39 is 7.82 Å². The van der Waals surface area contributed by atoms with Crippen LogP contribution in [0.1, 0.15) is 0 Å². The molecule has 0 bridgehead atoms. The Morgan fingerprint density at radius 2 is 1.20 bits per heavy atom. The maximum Gasteiger partial charge on any atom is 0.647 e. The third-order valence-electron chi connectivity index (χ3n) is 3.07. The molecule has 0 spiro atoms. The molecule has 0 radical (unpaired) electrons. The topological polar surface area (TPSA) is 85.2 Å². The van der Waals surface area contributed by atoms with Gasteiger partial charge in [0.25, 0.3) is 0 Å². The van der Waals surface area contributed by atoms with Gasteiger partial charge in [-0.3, -0.25) is 0 Å². The van der Waals surface area contributed by atoms with Gasteiger partial charge in [0.2, 0.25) is 0 Å². The van der Waals surface area contributed by atoms with Gasteiger partial charge in [-0.05, 0) is 36.4 Å². The van der Waals surface area contributed by atoms with Gasteiger partial charge in [-0.15, -0.1) is 0 Å². The van der Waals surface area contributed by atoms with Crippen molar-refractivity contribution in [2.45, 2.75) is 0 Å². The number of rotatable bonds is 6. The minimum Gasteiger partial charge on any atom is -0.508 e. The lowest BCUT2D eigenvalue weighted by atomic mass is 10.3. The summed E-state index contributed by atoms with van der Waals surface area (Å²) in [7, 11) is -4.20. The Balaban J connectivity index is 1.93. The van der Waals surface area contributed by atoms with Crippen molar-refractivity contribution in [2.75, 3.05) is 0 Å². The summed E-state index contributed by atoms with van der Waals surface area (Å²) in [4.78, 5) is 0. The van der Waals surface area contributed by atoms with E-state index in [4.69, 9.17) is 13.6 Å². The zero-order chi connectivity index (χ0) is 17.7. The number of phenolic OH excluding ortho intramolecular Hbond substituents is 2. The Hall–Kier alpha value is -3.11. The first-order chi connectivity index (χ1) is 12.0. The van der Waals surface area contributed by atoms with Crippen LogP contribution in [0.15, 0.2) is 78.9 Å². The first-order valence-electron chi connectivity index (χ1n) is 7.35. The predicted molar refractivity (Wildman–Crippen MR) is 92.1 cm³/mol. The summed E-state index contributed by atoms with van der Waals surface area (Å²) < 4.78 is 29.3. The molecule has 3 aromatic carbocycles. The second-order valence-corrected chi connectivity index (χ2v) is 6.44. The fourth-order valence-electron chi connectivity index (χ4n) is 1.97. The summed E-state index contributed by atoms with van der Waals surface area (Å²) in [5.74, 6) is -0.178. The molecule has 0 unspecified atom stereocenters. The van der Waals surface area contributed by atoms with Crippen LogP contribution in [0.5, 0.6) is 28.7 Å². The number of phosphoric acid groups is 1. The number of phenols is 2. The van der Waals surface area contributed by atoms with Crippen LogP contribution in [-0.4, -0.2) is 10.2 Å². The zero-order valence-corrected chi connectivity index (χ0v) is 13.9. The van der Waals surface area contributed by atoms with Crippen LogP contribution >= 0.6 is 7.82 Å². The molecular weight excluding hydrogens is 343 g/mol. The molecular formula is C18H15O6P. The number of aromatic hydroxyl groups is 2. The predicted octanol–water partition coefficient (Wildman–Crippen LogP) is 4.74. The van der Waals surface area contributed by atoms with E-state index in [-0.39, 0.29) is 28.7 Å². The van der Waals surface area contributed by atoms with Crippen molar-refractivity contribution < 1.29 is 28.3 Å². The fourth-order valence-corrected chi connectivity index (χ4v) is 3.23. The molecule has 6 nitrogen and oxygen atoms in total. The molecule has 128 valence electrons. The average Bonchev–Trinajstić information content (AvgIpc) is 2.59. The molecule has 2 N–H and O–H groups in total. The molecule has 0 amide bonds. The summed E-state index contributed by atoms with van der Waals surface area (Å²) in [6.45, 7) is 0. The smallest absolute Gasteiger partial charge is 0.508 e. The number of phosphoric ester groups is 1. The second kappa shape index (κ2) is 7.20. The molecule has 0 fully saturated rings. The zero-order valence-electron chi connectivity index (χ0n) is 13.0. The number of hydrogen-bond donors (Lipinski definition) is 2. The van der Waals surface area contributed by atoms with Gasteiger partial charge >= 0.3 is 7.82 Å². The first kappa shape index (κ1) is 16.7. The molecule has 0 saturated heterocycles. The molecule has 0 aliphatic carbocycles. The lowest BCUT2D eigenvalue weighted by Crippen LogP contribution is -2.07. The van der Waals surface area contributed by atoms with Gasteiger partial charge in [-0.25, -0.2) is 0 Å². The van der Waals surface area contributed by atoms with Crippen LogP contribution in [0.2, 0.25) is 0 Å². The van der Waals surface area contributed by atoms with Gasteiger partial charge in [0.15, 0.2) is 11.5 Å². The van der Waals surface area contributed by atoms with E-state index >= 15 is 0 Å². The average molecular weight is 358 g/mol. The highest BCUT2D eigenvalue weighted by atomic mass is 31.2. The van der Waals surface area contributed by atoms with E-state index in [9.17, 15) is 14.8 Å². The van der Waals surface area contributed by atoms with Gasteiger partial charge in [-0.1, -0.05) is 36.4 Å². The number of para-hydroxylation sites is 2. The molecule has 0 aliphatic heterocycles. The van der Waals surface area contributed by atoms with Crippen molar-refractivity contribution >= 4 is 7.82 Å². The molecule has 7 heteroatoms. The Bertz CT molecular complexity index is 837. The molecule has 25 heavy (non-hydrogen) atoms. The van der Waals surface area contributed by atoms with Crippen LogP contribution in [-0.2, 0) is 4.57 Å². The van der Waals surface area contributed by atoms with E-state index in [1.165, 1.54) is 12.1 Å². The highest BCUT2D eigenvalue weighted by molar-refractivity contribution is 7.49. The monoisotopic (exact) mass is 358 g/mol. The van der Waals surface area contributed by atoms with Crippen molar-refractivity contribution in [3.05, 3.63) is 78.9 Å². The molecule has 3 rings (SSSR count). The van der Waals surface area contributed by atoms with E-state index in [2.05, 4.69) is 0 Å². The molecule has 0 aliphatic rings. The van der Waals surface area contributed by atoms with E-state index in [1.54, 1.807) is 60.7 Å². The summed E-state index contributed by atoms with van der Waals surface area (Å²) in [5, 5.41) is 19.4.